The first-order valence-electron chi connectivity index (χ1n) is 12.6. The van der Waals surface area contributed by atoms with E-state index in [0.29, 0.717) is 12.4 Å². The van der Waals surface area contributed by atoms with E-state index in [2.05, 4.69) is 10.0 Å². The minimum Gasteiger partial charge on any atom is -0.494 e. The lowest BCUT2D eigenvalue weighted by molar-refractivity contribution is -0.114. The third-order valence-electron chi connectivity index (χ3n) is 5.98. The highest BCUT2D eigenvalue weighted by atomic mass is 35.5. The number of aryl methyl sites for hydroxylation is 1. The van der Waals surface area contributed by atoms with Crippen LogP contribution < -0.4 is 19.1 Å². The Labute approximate surface area is 255 Å². The first-order valence-corrected chi connectivity index (χ1v) is 16.3. The number of rotatable bonds is 11. The van der Waals surface area contributed by atoms with Crippen molar-refractivity contribution in [2.24, 2.45) is 0 Å². The summed E-state index contributed by atoms with van der Waals surface area (Å²) < 4.78 is 61.8. The maximum absolute atomic E-state index is 13.6. The molecule has 13 heteroatoms. The van der Waals surface area contributed by atoms with Gasteiger partial charge >= 0.3 is 0 Å². The molecule has 0 aliphatic heterocycles. The number of ether oxygens (including phenoxy) is 1. The zero-order chi connectivity index (χ0) is 30.5. The largest absolute Gasteiger partial charge is 0.494 e. The number of sulfonamides is 2. The molecule has 0 unspecified atom stereocenters. The SMILES string of the molecule is CCOc1ccc(N(CC(=O)Nc2ccc(S(=O)(=O)Nc3cccc(Cl)c3Cl)cc2)S(=O)(=O)c2ccc(C)cc2)cc1. The molecule has 0 fully saturated rings. The Morgan fingerprint density at radius 2 is 1.45 bits per heavy atom. The van der Waals surface area contributed by atoms with Crippen LogP contribution in [0.3, 0.4) is 0 Å². The molecular weight excluding hydrogens is 621 g/mol. The molecule has 0 saturated heterocycles. The lowest BCUT2D eigenvalue weighted by Gasteiger charge is -2.24. The van der Waals surface area contributed by atoms with Crippen molar-refractivity contribution in [3.05, 3.63) is 107 Å². The summed E-state index contributed by atoms with van der Waals surface area (Å²) >= 11 is 12.1. The molecule has 1 amide bonds. The summed E-state index contributed by atoms with van der Waals surface area (Å²) in [6.07, 6.45) is 0. The van der Waals surface area contributed by atoms with Gasteiger partial charge < -0.3 is 10.1 Å². The minimum atomic E-state index is -4.12. The van der Waals surface area contributed by atoms with Gasteiger partial charge in [0.05, 0.1) is 37.8 Å². The van der Waals surface area contributed by atoms with Gasteiger partial charge in [0.25, 0.3) is 20.0 Å². The predicted octanol–water partition coefficient (Wildman–Crippen LogP) is 6.34. The molecule has 42 heavy (non-hydrogen) atoms. The third-order valence-corrected chi connectivity index (χ3v) is 9.96. The summed E-state index contributed by atoms with van der Waals surface area (Å²) in [6, 6.07) is 22.6. The van der Waals surface area contributed by atoms with Crippen LogP contribution in [0.2, 0.25) is 10.0 Å². The summed E-state index contributed by atoms with van der Waals surface area (Å²) in [5.74, 6) is -0.0837. The molecule has 2 N–H and O–H groups in total. The van der Waals surface area contributed by atoms with E-state index in [0.717, 1.165) is 9.87 Å². The second-order valence-electron chi connectivity index (χ2n) is 9.03. The number of amides is 1. The molecule has 0 radical (unpaired) electrons. The average molecular weight is 649 g/mol. The second kappa shape index (κ2) is 13.0. The fraction of sp³-hybridized carbons (Fsp3) is 0.138. The van der Waals surface area contributed by atoms with E-state index in [1.54, 1.807) is 42.5 Å². The first-order chi connectivity index (χ1) is 19.9. The normalized spacial score (nSPS) is 11.5. The maximum Gasteiger partial charge on any atom is 0.264 e. The number of halogens is 2. The van der Waals surface area contributed by atoms with Crippen LogP contribution in [0.15, 0.2) is 101 Å². The number of benzene rings is 4. The highest BCUT2D eigenvalue weighted by molar-refractivity contribution is 7.93. The van der Waals surface area contributed by atoms with Crippen molar-refractivity contribution in [1.82, 2.24) is 0 Å². The topological polar surface area (TPSA) is 122 Å². The van der Waals surface area contributed by atoms with Crippen molar-refractivity contribution >= 4 is 66.2 Å². The summed E-state index contributed by atoms with van der Waals surface area (Å²) in [6.45, 7) is 3.57. The molecule has 0 saturated carbocycles. The molecule has 220 valence electrons. The quantitative estimate of drug-likeness (QED) is 0.196. The summed E-state index contributed by atoms with van der Waals surface area (Å²) in [5.41, 5.74) is 1.53. The Morgan fingerprint density at radius 1 is 0.833 bits per heavy atom. The lowest BCUT2D eigenvalue weighted by Crippen LogP contribution is -2.38. The van der Waals surface area contributed by atoms with E-state index in [4.69, 9.17) is 27.9 Å². The van der Waals surface area contributed by atoms with Gasteiger partial charge in [-0.25, -0.2) is 16.8 Å². The van der Waals surface area contributed by atoms with E-state index in [9.17, 15) is 21.6 Å². The molecule has 9 nitrogen and oxygen atoms in total. The molecule has 4 rings (SSSR count). The van der Waals surface area contributed by atoms with Crippen LogP contribution in [-0.2, 0) is 24.8 Å². The molecule has 4 aromatic carbocycles. The fourth-order valence-corrected chi connectivity index (χ4v) is 6.76. The van der Waals surface area contributed by atoms with Crippen LogP contribution in [0.1, 0.15) is 12.5 Å². The van der Waals surface area contributed by atoms with Crippen molar-refractivity contribution in [2.75, 3.05) is 27.5 Å². The van der Waals surface area contributed by atoms with Crippen molar-refractivity contribution in [3.63, 3.8) is 0 Å². The fourth-order valence-electron chi connectivity index (χ4n) is 3.86. The number of nitrogens with one attached hydrogen (secondary N) is 2. The van der Waals surface area contributed by atoms with Gasteiger partial charge in [-0.1, -0.05) is 47.0 Å². The van der Waals surface area contributed by atoms with Crippen molar-refractivity contribution < 1.29 is 26.4 Å². The van der Waals surface area contributed by atoms with Gasteiger partial charge in [-0.3, -0.25) is 13.8 Å². The lowest BCUT2D eigenvalue weighted by atomic mass is 10.2. The van der Waals surface area contributed by atoms with Gasteiger partial charge in [-0.2, -0.15) is 0 Å². The molecule has 4 aromatic rings. The molecule has 0 aliphatic carbocycles. The van der Waals surface area contributed by atoms with E-state index >= 15 is 0 Å². The Balaban J connectivity index is 1.54. The van der Waals surface area contributed by atoms with Gasteiger partial charge in [0.15, 0.2) is 0 Å². The van der Waals surface area contributed by atoms with E-state index in [-0.39, 0.29) is 36.9 Å². The molecule has 0 atom stereocenters. The van der Waals surface area contributed by atoms with Gasteiger partial charge in [0, 0.05) is 5.69 Å². The van der Waals surface area contributed by atoms with Crippen LogP contribution in [0.4, 0.5) is 17.1 Å². The van der Waals surface area contributed by atoms with Gasteiger partial charge in [-0.15, -0.1) is 0 Å². The van der Waals surface area contributed by atoms with Gasteiger partial charge in [0.1, 0.15) is 12.3 Å². The number of carbonyl (C=O) groups is 1. The van der Waals surface area contributed by atoms with Crippen molar-refractivity contribution in [3.8, 4) is 5.75 Å². The van der Waals surface area contributed by atoms with Crippen LogP contribution in [0.25, 0.3) is 0 Å². The number of nitrogens with zero attached hydrogens (tertiary/aromatic N) is 1. The zero-order valence-corrected chi connectivity index (χ0v) is 25.7. The smallest absolute Gasteiger partial charge is 0.264 e. The highest BCUT2D eigenvalue weighted by Gasteiger charge is 2.27. The Hall–Kier alpha value is -3.77. The van der Waals surface area contributed by atoms with Crippen LogP contribution in [-0.4, -0.2) is 35.9 Å². The van der Waals surface area contributed by atoms with Gasteiger partial charge in [-0.05, 0) is 86.6 Å². The second-order valence-corrected chi connectivity index (χ2v) is 13.4. The van der Waals surface area contributed by atoms with Crippen LogP contribution in [0.5, 0.6) is 5.75 Å². The van der Waals surface area contributed by atoms with Crippen LogP contribution >= 0.6 is 23.2 Å². The molecular formula is C29H27Cl2N3O6S2. The highest BCUT2D eigenvalue weighted by Crippen LogP contribution is 2.31. The van der Waals surface area contributed by atoms with Crippen LogP contribution in [0, 0.1) is 6.92 Å². The Morgan fingerprint density at radius 3 is 2.07 bits per heavy atom. The average Bonchev–Trinajstić information content (AvgIpc) is 2.95. The summed E-state index contributed by atoms with van der Waals surface area (Å²) in [7, 11) is -8.14. The van der Waals surface area contributed by atoms with E-state index in [1.807, 2.05) is 13.8 Å². The maximum atomic E-state index is 13.6. The van der Waals surface area contributed by atoms with E-state index < -0.39 is 32.5 Å². The number of hydrogen-bond acceptors (Lipinski definition) is 6. The standard InChI is InChI=1S/C29H27Cl2N3O6S2/c1-3-40-23-13-11-22(12-14-23)34(42(38,39)25-15-7-20(2)8-16-25)19-28(35)32-21-9-17-24(18-10-21)41(36,37)33-27-6-4-5-26(30)29(27)31/h4-18,33H,3,19H2,1-2H3,(H,32,35). The van der Waals surface area contributed by atoms with Crippen molar-refractivity contribution in [2.45, 2.75) is 23.6 Å². The molecule has 0 heterocycles. The Bertz CT molecular complexity index is 1780. The molecule has 0 aromatic heterocycles. The number of anilines is 3. The monoisotopic (exact) mass is 647 g/mol. The molecule has 0 spiro atoms. The number of carbonyl (C=O) groups excluding carboxylic acids is 1. The predicted molar refractivity (Wildman–Crippen MR) is 166 cm³/mol. The number of hydrogen-bond donors (Lipinski definition) is 2. The molecule has 0 bridgehead atoms. The summed E-state index contributed by atoms with van der Waals surface area (Å²) in [5, 5.41) is 2.88. The zero-order valence-electron chi connectivity index (χ0n) is 22.5. The summed E-state index contributed by atoms with van der Waals surface area (Å²) in [4.78, 5) is 13.0. The first kappa shape index (κ1) is 31.2. The van der Waals surface area contributed by atoms with Crippen molar-refractivity contribution in [1.29, 1.82) is 0 Å². The Kier molecular flexibility index (Phi) is 9.67. The van der Waals surface area contributed by atoms with E-state index in [1.165, 1.54) is 48.5 Å². The van der Waals surface area contributed by atoms with Gasteiger partial charge in [0.2, 0.25) is 5.91 Å². The minimum absolute atomic E-state index is 0.0247. The molecule has 0 aliphatic rings. The third kappa shape index (κ3) is 7.35.